The molecule has 9 aromatic rings. The minimum Gasteiger partial charge on any atom is -0.389 e. The highest BCUT2D eigenvalue weighted by atomic mass is 19.4. The summed E-state index contributed by atoms with van der Waals surface area (Å²) in [6.45, 7) is 17.8. The van der Waals surface area contributed by atoms with Crippen LogP contribution in [-0.2, 0) is 38.9 Å². The predicted molar refractivity (Wildman–Crippen MR) is 359 cm³/mol. The first-order chi connectivity index (χ1) is 43.6. The number of carbonyl (C=O) groups excluding carboxylic acids is 3. The van der Waals surface area contributed by atoms with Crippen LogP contribution in [0.15, 0.2) is 182 Å². The minimum absolute atomic E-state index is 0.146. The van der Waals surface area contributed by atoms with Crippen LogP contribution >= 0.6 is 0 Å². The van der Waals surface area contributed by atoms with E-state index < -0.39 is 17.6 Å². The molecular formula is C77H91F3N6O4. The van der Waals surface area contributed by atoms with Gasteiger partial charge < -0.3 is 33.5 Å². The average Bonchev–Trinajstić information content (AvgIpc) is 1.74. The summed E-state index contributed by atoms with van der Waals surface area (Å²) in [6, 6.07) is 55.1. The van der Waals surface area contributed by atoms with Gasteiger partial charge in [-0.05, 0) is 163 Å². The number of piperidine rings is 3. The number of hydrogen-bond donors (Lipinski definition) is 1. The molecule has 0 radical (unpaired) electrons. The van der Waals surface area contributed by atoms with Gasteiger partial charge in [-0.3, -0.25) is 14.4 Å². The standard InChI is InChI=1S/C26H32N2O2.C26H32N2O.C25H27F3N2O/c1-2-25(29)23-20-28(24-12-7-6-11-22(23)24)16-8-15-27-17-13-26(30,14-18-27)19-21-9-4-3-5-10-21;1-20(18-28-19-25(21(2)29)24-10-6-7-11-26(24)28)17-27-14-12-23(13-15-27)16-22-8-4-3-5-9-22;26-25(27,28)24(31)22-18-30(23-10-5-4-9-21(22)23)14-6-13-29-15-11-20(12-16-29)17-19-7-2-1-3-8-19/h3-7,9-12,20,30H,2,8,13-19H2,1H3;3-11,19-20,23H,12-18H2,1-2H3;1-5,7-10,18,20H,6,11-17H2. The third-order valence-corrected chi connectivity index (χ3v) is 19.0. The maximum absolute atomic E-state index is 13.0. The summed E-state index contributed by atoms with van der Waals surface area (Å²) in [7, 11) is 0. The van der Waals surface area contributed by atoms with Crippen molar-refractivity contribution >= 4 is 50.1 Å². The number of rotatable bonds is 22. The van der Waals surface area contributed by atoms with E-state index in [0.29, 0.717) is 35.7 Å². The lowest BCUT2D eigenvalue weighted by molar-refractivity contribution is -0.0884. The molecule has 6 aromatic carbocycles. The van der Waals surface area contributed by atoms with E-state index in [0.717, 1.165) is 131 Å². The highest BCUT2D eigenvalue weighted by Crippen LogP contribution is 2.32. The van der Waals surface area contributed by atoms with Crippen molar-refractivity contribution in [2.45, 2.75) is 129 Å². The van der Waals surface area contributed by atoms with E-state index in [1.807, 2.05) is 61.7 Å². The Morgan fingerprint density at radius 2 is 0.900 bits per heavy atom. The van der Waals surface area contributed by atoms with Crippen molar-refractivity contribution in [2.75, 3.05) is 58.9 Å². The Bertz CT molecular complexity index is 3740. The lowest BCUT2D eigenvalue weighted by atomic mass is 9.85. The number of alkyl halides is 3. The smallest absolute Gasteiger partial charge is 0.389 e. The maximum Gasteiger partial charge on any atom is 0.454 e. The van der Waals surface area contributed by atoms with Crippen molar-refractivity contribution in [3.8, 4) is 0 Å². The van der Waals surface area contributed by atoms with Crippen LogP contribution in [0.25, 0.3) is 32.7 Å². The Morgan fingerprint density at radius 3 is 1.38 bits per heavy atom. The highest BCUT2D eigenvalue weighted by molar-refractivity contribution is 6.11. The lowest BCUT2D eigenvalue weighted by Gasteiger charge is -2.38. The number of halogens is 3. The summed E-state index contributed by atoms with van der Waals surface area (Å²) in [5.41, 5.74) is 7.92. The van der Waals surface area contributed by atoms with Gasteiger partial charge in [0.2, 0.25) is 0 Å². The van der Waals surface area contributed by atoms with Crippen LogP contribution in [0, 0.1) is 17.8 Å². The normalized spacial score (nSPS) is 16.6. The Morgan fingerprint density at radius 1 is 0.500 bits per heavy atom. The average molecular weight is 1220 g/mol. The number of nitrogens with zero attached hydrogens (tertiary/aromatic N) is 6. The Kier molecular flexibility index (Phi) is 22.6. The van der Waals surface area contributed by atoms with Gasteiger partial charge in [-0.1, -0.05) is 159 Å². The molecule has 0 aliphatic carbocycles. The van der Waals surface area contributed by atoms with Crippen molar-refractivity contribution in [1.29, 1.82) is 0 Å². The molecule has 1 atom stereocenters. The highest BCUT2D eigenvalue weighted by Gasteiger charge is 2.41. The molecule has 3 aliphatic heterocycles. The van der Waals surface area contributed by atoms with E-state index >= 15 is 0 Å². The molecule has 3 fully saturated rings. The largest absolute Gasteiger partial charge is 0.454 e. The van der Waals surface area contributed by atoms with Crippen molar-refractivity contribution in [2.24, 2.45) is 17.8 Å². The molecule has 90 heavy (non-hydrogen) atoms. The van der Waals surface area contributed by atoms with Crippen LogP contribution in [0.1, 0.15) is 126 Å². The monoisotopic (exact) mass is 1220 g/mol. The van der Waals surface area contributed by atoms with Gasteiger partial charge >= 0.3 is 6.18 Å². The Balaban J connectivity index is 0.000000149. The van der Waals surface area contributed by atoms with Gasteiger partial charge in [-0.15, -0.1) is 0 Å². The fourth-order valence-corrected chi connectivity index (χ4v) is 14.1. The van der Waals surface area contributed by atoms with Crippen LogP contribution in [0.5, 0.6) is 0 Å². The van der Waals surface area contributed by atoms with Gasteiger partial charge in [-0.2, -0.15) is 13.2 Å². The summed E-state index contributed by atoms with van der Waals surface area (Å²) in [6.07, 6.45) is 12.7. The van der Waals surface area contributed by atoms with Crippen molar-refractivity contribution in [3.05, 3.63) is 216 Å². The van der Waals surface area contributed by atoms with Crippen LogP contribution in [0.4, 0.5) is 13.2 Å². The van der Waals surface area contributed by atoms with Gasteiger partial charge in [0.1, 0.15) is 0 Å². The van der Waals surface area contributed by atoms with E-state index in [1.54, 1.807) is 35.8 Å². The van der Waals surface area contributed by atoms with Crippen molar-refractivity contribution < 1.29 is 32.7 Å². The maximum atomic E-state index is 13.0. The van der Waals surface area contributed by atoms with E-state index in [2.05, 4.69) is 128 Å². The van der Waals surface area contributed by atoms with Gasteiger partial charge in [0.15, 0.2) is 11.6 Å². The molecule has 3 aromatic heterocycles. The quantitative estimate of drug-likeness (QED) is 0.0675. The molecule has 6 heterocycles. The molecule has 0 spiro atoms. The number of ketones is 3. The van der Waals surface area contributed by atoms with E-state index in [4.69, 9.17) is 0 Å². The number of Topliss-reactive ketones (excluding diaryl/α,β-unsaturated/α-hetero) is 3. The number of likely N-dealkylation sites (tertiary alicyclic amines) is 3. The van der Waals surface area contributed by atoms with Gasteiger partial charge in [0, 0.05) is 115 Å². The molecule has 1 N–H and O–H groups in total. The first kappa shape index (κ1) is 65.5. The molecule has 12 rings (SSSR count). The zero-order valence-electron chi connectivity index (χ0n) is 53.0. The summed E-state index contributed by atoms with van der Waals surface area (Å²) < 4.78 is 45.2. The van der Waals surface area contributed by atoms with Gasteiger partial charge in [0.05, 0.1) is 11.2 Å². The summed E-state index contributed by atoms with van der Waals surface area (Å²) in [5, 5.41) is 13.5. The number of fused-ring (bicyclic) bond motifs is 3. The summed E-state index contributed by atoms with van der Waals surface area (Å²) in [5.74, 6) is 0.657. The van der Waals surface area contributed by atoms with E-state index in [1.165, 1.54) is 73.6 Å². The fourth-order valence-electron chi connectivity index (χ4n) is 14.1. The van der Waals surface area contributed by atoms with Crippen LogP contribution in [-0.4, -0.2) is 122 Å². The second-order valence-electron chi connectivity index (χ2n) is 25.8. The second-order valence-corrected chi connectivity index (χ2v) is 25.8. The minimum atomic E-state index is -4.86. The van der Waals surface area contributed by atoms with Crippen LogP contribution in [0.2, 0.25) is 0 Å². The third-order valence-electron chi connectivity index (χ3n) is 19.0. The number of hydrogen-bond acceptors (Lipinski definition) is 7. The Labute approximate surface area is 530 Å². The molecule has 13 heteroatoms. The molecule has 0 amide bonds. The SMILES string of the molecule is CC(=O)c1cn(CC(C)CN2CCC(Cc3ccccc3)CC2)c2ccccc12.CCC(=O)c1cn(CCCN2CCC(O)(Cc3ccccc3)CC2)c2ccccc12.O=C(c1cn(CCCN2CCC(Cc3ccccc3)CC2)c2ccccc12)C(F)(F)F. The molecule has 10 nitrogen and oxygen atoms in total. The van der Waals surface area contributed by atoms with E-state index in [9.17, 15) is 32.7 Å². The zero-order chi connectivity index (χ0) is 63.0. The van der Waals surface area contributed by atoms with Crippen LogP contribution < -0.4 is 0 Å². The first-order valence-corrected chi connectivity index (χ1v) is 33.0. The van der Waals surface area contributed by atoms with Crippen LogP contribution in [0.3, 0.4) is 0 Å². The molecule has 3 aliphatic rings. The molecule has 474 valence electrons. The number of para-hydroxylation sites is 3. The number of carbonyl (C=O) groups is 3. The van der Waals surface area contributed by atoms with Gasteiger partial charge in [-0.25, -0.2) is 0 Å². The number of aryl methyl sites for hydroxylation is 2. The molecule has 1 unspecified atom stereocenters. The van der Waals surface area contributed by atoms with Crippen molar-refractivity contribution in [1.82, 2.24) is 28.4 Å². The molecule has 3 saturated heterocycles. The predicted octanol–water partition coefficient (Wildman–Crippen LogP) is 15.9. The topological polar surface area (TPSA) is 96.0 Å². The summed E-state index contributed by atoms with van der Waals surface area (Å²) >= 11 is 0. The Hall–Kier alpha value is -7.42. The number of aliphatic hydroxyl groups is 1. The first-order valence-electron chi connectivity index (χ1n) is 33.0. The second kappa shape index (κ2) is 31.1. The van der Waals surface area contributed by atoms with Gasteiger partial charge in [0.25, 0.3) is 5.78 Å². The molecule has 0 saturated carbocycles. The molecule has 0 bridgehead atoms. The fraction of sp³-hybridized carbons (Fsp3) is 0.416. The van der Waals surface area contributed by atoms with Crippen molar-refractivity contribution in [3.63, 3.8) is 0 Å². The summed E-state index contributed by atoms with van der Waals surface area (Å²) in [4.78, 5) is 43.7. The number of benzene rings is 6. The molecular weight excluding hydrogens is 1130 g/mol. The van der Waals surface area contributed by atoms with E-state index in [-0.39, 0.29) is 17.1 Å². The lowest BCUT2D eigenvalue weighted by Crippen LogP contribution is -2.46. The zero-order valence-corrected chi connectivity index (χ0v) is 53.0. The third kappa shape index (κ3) is 17.5. The number of aromatic nitrogens is 3.